The van der Waals surface area contributed by atoms with Crippen molar-refractivity contribution >= 4 is 0 Å². The largest absolute Gasteiger partial charge is 0.304 e. The lowest BCUT2D eigenvalue weighted by Crippen LogP contribution is -2.37. The number of rotatable bonds is 5. The molecule has 1 saturated heterocycles. The molecule has 0 saturated carbocycles. The number of halogens is 3. The first-order valence-electron chi connectivity index (χ1n) is 7.83. The maximum absolute atomic E-state index is 13.9. The van der Waals surface area contributed by atoms with Gasteiger partial charge in [0.05, 0.1) is 0 Å². The Bertz CT molecular complexity index is 604. The Kier molecular flexibility index (Phi) is 6.22. The first-order chi connectivity index (χ1) is 11.0. The van der Waals surface area contributed by atoms with Crippen LogP contribution in [0.4, 0.5) is 13.2 Å². The predicted molar refractivity (Wildman–Crippen MR) is 88.0 cm³/mol. The molecule has 0 bridgehead atoms. The SMILES string of the molecule is C=CC/C=C(\C=C1\CCC(c2ccccc2F)NC1C)C(F)F. The number of hydrogen-bond donors (Lipinski definition) is 1. The van der Waals surface area contributed by atoms with Crippen LogP contribution in [0, 0.1) is 5.82 Å². The van der Waals surface area contributed by atoms with E-state index in [-0.39, 0.29) is 23.5 Å². The zero-order chi connectivity index (χ0) is 16.8. The Morgan fingerprint density at radius 3 is 2.74 bits per heavy atom. The Balaban J connectivity index is 2.13. The summed E-state index contributed by atoms with van der Waals surface area (Å²) >= 11 is 0. The van der Waals surface area contributed by atoms with Crippen LogP contribution in [0.25, 0.3) is 0 Å². The molecule has 2 rings (SSSR count). The lowest BCUT2D eigenvalue weighted by molar-refractivity contribution is 0.193. The minimum Gasteiger partial charge on any atom is -0.304 e. The monoisotopic (exact) mass is 321 g/mol. The van der Waals surface area contributed by atoms with Crippen molar-refractivity contribution in [2.45, 2.75) is 44.7 Å². The van der Waals surface area contributed by atoms with Crippen LogP contribution >= 0.6 is 0 Å². The Morgan fingerprint density at radius 2 is 2.13 bits per heavy atom. The topological polar surface area (TPSA) is 12.0 Å². The van der Waals surface area contributed by atoms with E-state index in [0.717, 1.165) is 5.57 Å². The second-order valence-corrected chi connectivity index (χ2v) is 5.75. The molecule has 1 fully saturated rings. The van der Waals surface area contributed by atoms with Gasteiger partial charge < -0.3 is 5.32 Å². The summed E-state index contributed by atoms with van der Waals surface area (Å²) in [6, 6.07) is 6.52. The minimum absolute atomic E-state index is 0.0258. The molecule has 0 radical (unpaired) electrons. The van der Waals surface area contributed by atoms with Crippen molar-refractivity contribution in [3.05, 3.63) is 71.6 Å². The first-order valence-corrected chi connectivity index (χ1v) is 7.83. The van der Waals surface area contributed by atoms with Crippen molar-refractivity contribution in [1.82, 2.24) is 5.32 Å². The van der Waals surface area contributed by atoms with E-state index in [1.165, 1.54) is 12.1 Å². The molecule has 1 aliphatic heterocycles. The van der Waals surface area contributed by atoms with Crippen LogP contribution in [0.1, 0.15) is 37.8 Å². The number of piperidine rings is 1. The van der Waals surface area contributed by atoms with E-state index in [0.29, 0.717) is 24.8 Å². The van der Waals surface area contributed by atoms with Crippen LogP contribution in [0.5, 0.6) is 0 Å². The van der Waals surface area contributed by atoms with E-state index in [4.69, 9.17) is 0 Å². The van der Waals surface area contributed by atoms with Gasteiger partial charge in [-0.25, -0.2) is 13.2 Å². The van der Waals surface area contributed by atoms with Gasteiger partial charge in [-0.05, 0) is 32.3 Å². The fourth-order valence-corrected chi connectivity index (χ4v) is 2.86. The van der Waals surface area contributed by atoms with Gasteiger partial charge in [0, 0.05) is 23.2 Å². The standard InChI is InChI=1S/C19H22F3N/c1-3-4-7-15(19(21)22)12-14-10-11-18(23-13(14)2)16-8-5-6-9-17(16)20/h3,5-9,12-13,18-19,23H,1,4,10-11H2,2H3/b14-12-,15-7+. The Morgan fingerprint density at radius 1 is 1.39 bits per heavy atom. The van der Waals surface area contributed by atoms with Gasteiger partial charge in [0.1, 0.15) is 5.82 Å². The van der Waals surface area contributed by atoms with Crippen molar-refractivity contribution in [3.63, 3.8) is 0 Å². The molecule has 2 unspecified atom stereocenters. The van der Waals surface area contributed by atoms with E-state index in [9.17, 15) is 13.2 Å². The molecule has 0 amide bonds. The van der Waals surface area contributed by atoms with Gasteiger partial charge in [-0.3, -0.25) is 0 Å². The zero-order valence-electron chi connectivity index (χ0n) is 13.2. The number of benzene rings is 1. The van der Waals surface area contributed by atoms with Gasteiger partial charge in [0.25, 0.3) is 6.43 Å². The number of nitrogens with one attached hydrogen (secondary N) is 1. The van der Waals surface area contributed by atoms with E-state index in [2.05, 4.69) is 11.9 Å². The van der Waals surface area contributed by atoms with Gasteiger partial charge >= 0.3 is 0 Å². The molecule has 0 aliphatic carbocycles. The summed E-state index contributed by atoms with van der Waals surface area (Å²) in [5.41, 5.74) is 1.58. The summed E-state index contributed by atoms with van der Waals surface area (Å²) in [4.78, 5) is 0. The maximum Gasteiger partial charge on any atom is 0.263 e. The summed E-state index contributed by atoms with van der Waals surface area (Å²) in [5.74, 6) is -0.233. The third-order valence-electron chi connectivity index (χ3n) is 4.13. The van der Waals surface area contributed by atoms with Crippen molar-refractivity contribution in [2.24, 2.45) is 0 Å². The van der Waals surface area contributed by atoms with Crippen LogP contribution < -0.4 is 5.32 Å². The number of allylic oxidation sites excluding steroid dienone is 4. The molecule has 23 heavy (non-hydrogen) atoms. The third-order valence-corrected chi connectivity index (χ3v) is 4.13. The second-order valence-electron chi connectivity index (χ2n) is 5.75. The highest BCUT2D eigenvalue weighted by molar-refractivity contribution is 5.31. The molecule has 0 spiro atoms. The van der Waals surface area contributed by atoms with Crippen molar-refractivity contribution in [3.8, 4) is 0 Å². The molecule has 1 aromatic rings. The van der Waals surface area contributed by atoms with Gasteiger partial charge in [0.15, 0.2) is 0 Å². The third kappa shape index (κ3) is 4.58. The fourth-order valence-electron chi connectivity index (χ4n) is 2.86. The highest BCUT2D eigenvalue weighted by Crippen LogP contribution is 2.31. The quantitative estimate of drug-likeness (QED) is 0.723. The average Bonchev–Trinajstić information content (AvgIpc) is 2.53. The van der Waals surface area contributed by atoms with Gasteiger partial charge in [0.2, 0.25) is 0 Å². The summed E-state index contributed by atoms with van der Waals surface area (Å²) in [6.45, 7) is 5.47. The highest BCUT2D eigenvalue weighted by atomic mass is 19.3. The van der Waals surface area contributed by atoms with Gasteiger partial charge in [-0.2, -0.15) is 0 Å². The fraction of sp³-hybridized carbons (Fsp3) is 0.368. The summed E-state index contributed by atoms with van der Waals surface area (Å²) in [6.07, 6.45) is 3.95. The molecular weight excluding hydrogens is 299 g/mol. The normalized spacial score (nSPS) is 24.2. The molecule has 124 valence electrons. The van der Waals surface area contributed by atoms with Crippen molar-refractivity contribution in [2.75, 3.05) is 0 Å². The lowest BCUT2D eigenvalue weighted by atomic mass is 9.89. The molecule has 1 aromatic carbocycles. The van der Waals surface area contributed by atoms with E-state index >= 15 is 0 Å². The summed E-state index contributed by atoms with van der Waals surface area (Å²) < 4.78 is 40.0. The predicted octanol–water partition coefficient (Wildman–Crippen LogP) is 5.33. The number of alkyl halides is 2. The minimum atomic E-state index is -2.50. The molecule has 4 heteroatoms. The number of hydrogen-bond acceptors (Lipinski definition) is 1. The van der Waals surface area contributed by atoms with Crippen LogP contribution in [0.2, 0.25) is 0 Å². The van der Waals surface area contributed by atoms with Gasteiger partial charge in [-0.1, -0.05) is 42.0 Å². The van der Waals surface area contributed by atoms with Crippen LogP contribution in [0.3, 0.4) is 0 Å². The molecule has 1 heterocycles. The molecule has 1 N–H and O–H groups in total. The van der Waals surface area contributed by atoms with Gasteiger partial charge in [-0.15, -0.1) is 6.58 Å². The summed E-state index contributed by atoms with van der Waals surface area (Å²) in [5, 5.41) is 3.32. The van der Waals surface area contributed by atoms with Crippen molar-refractivity contribution < 1.29 is 13.2 Å². The van der Waals surface area contributed by atoms with E-state index in [1.54, 1.807) is 24.3 Å². The highest BCUT2D eigenvalue weighted by Gasteiger charge is 2.25. The zero-order valence-corrected chi connectivity index (χ0v) is 13.2. The lowest BCUT2D eigenvalue weighted by Gasteiger charge is -2.32. The van der Waals surface area contributed by atoms with E-state index in [1.807, 2.05) is 13.0 Å². The van der Waals surface area contributed by atoms with Crippen LogP contribution in [0.15, 0.2) is 60.2 Å². The smallest absolute Gasteiger partial charge is 0.263 e. The van der Waals surface area contributed by atoms with Crippen LogP contribution in [-0.4, -0.2) is 12.5 Å². The maximum atomic E-state index is 13.9. The Hall–Kier alpha value is -1.81. The Labute approximate surface area is 135 Å². The molecule has 1 nitrogen and oxygen atoms in total. The first kappa shape index (κ1) is 17.5. The molecule has 2 atom stereocenters. The summed E-state index contributed by atoms with van der Waals surface area (Å²) in [7, 11) is 0. The molecular formula is C19H22F3N. The molecule has 0 aromatic heterocycles. The molecule has 1 aliphatic rings. The van der Waals surface area contributed by atoms with Crippen LogP contribution in [-0.2, 0) is 0 Å². The second kappa shape index (κ2) is 8.16. The van der Waals surface area contributed by atoms with Crippen molar-refractivity contribution in [1.29, 1.82) is 0 Å². The average molecular weight is 321 g/mol. The van der Waals surface area contributed by atoms with E-state index < -0.39 is 6.43 Å².